The van der Waals surface area contributed by atoms with Gasteiger partial charge in [-0.15, -0.1) is 0 Å². The van der Waals surface area contributed by atoms with Crippen LogP contribution in [0.4, 0.5) is 0 Å². The Labute approximate surface area is 95.0 Å². The molecule has 0 saturated heterocycles. The van der Waals surface area contributed by atoms with E-state index in [0.717, 1.165) is 0 Å². The van der Waals surface area contributed by atoms with Gasteiger partial charge in [0.15, 0.2) is 0 Å². The quantitative estimate of drug-likeness (QED) is 0.693. The Bertz CT molecular complexity index is 514. The zero-order valence-electron chi connectivity index (χ0n) is 8.84. The summed E-state index contributed by atoms with van der Waals surface area (Å²) in [5, 5.41) is 0. The van der Waals surface area contributed by atoms with Gasteiger partial charge in [0.1, 0.15) is 6.10 Å². The van der Waals surface area contributed by atoms with Gasteiger partial charge in [0.2, 0.25) is 0 Å². The summed E-state index contributed by atoms with van der Waals surface area (Å²) in [6, 6.07) is 18.6. The van der Waals surface area contributed by atoms with Crippen LogP contribution in [0.15, 0.2) is 60.9 Å². The van der Waals surface area contributed by atoms with Crippen LogP contribution in [0.25, 0.3) is 6.08 Å². The average Bonchev–Trinajstić information content (AvgIpc) is 2.39. The molecule has 78 valence electrons. The van der Waals surface area contributed by atoms with E-state index in [9.17, 15) is 0 Å². The molecule has 2 aromatic rings. The van der Waals surface area contributed by atoms with Crippen LogP contribution in [0, 0.1) is 0 Å². The largest absolute Gasteiger partial charge is 0.489 e. The van der Waals surface area contributed by atoms with Crippen LogP contribution in [0.5, 0.6) is 0 Å². The summed E-state index contributed by atoms with van der Waals surface area (Å²) in [4.78, 5) is 0. The van der Waals surface area contributed by atoms with Crippen LogP contribution >= 0.6 is 0 Å². The van der Waals surface area contributed by atoms with Crippen molar-refractivity contribution in [1.82, 2.24) is 0 Å². The van der Waals surface area contributed by atoms with Crippen molar-refractivity contribution >= 4 is 6.08 Å². The summed E-state index contributed by atoms with van der Waals surface area (Å²) < 4.78 is 5.71. The first-order valence-electron chi connectivity index (χ1n) is 5.41. The minimum absolute atomic E-state index is 0.0300. The lowest BCUT2D eigenvalue weighted by atomic mass is 9.95. The number of ether oxygens (including phenoxy) is 1. The number of hydrogen-bond donors (Lipinski definition) is 0. The molecule has 1 unspecified atom stereocenters. The van der Waals surface area contributed by atoms with Crippen molar-refractivity contribution in [3.05, 3.63) is 77.5 Å². The van der Waals surface area contributed by atoms with Crippen LogP contribution in [0.3, 0.4) is 0 Å². The zero-order chi connectivity index (χ0) is 10.8. The van der Waals surface area contributed by atoms with E-state index < -0.39 is 0 Å². The fourth-order valence-electron chi connectivity index (χ4n) is 2.05. The predicted molar refractivity (Wildman–Crippen MR) is 64.8 cm³/mol. The molecule has 0 bridgehead atoms. The van der Waals surface area contributed by atoms with Gasteiger partial charge in [-0.3, -0.25) is 0 Å². The van der Waals surface area contributed by atoms with Crippen molar-refractivity contribution in [3.8, 4) is 0 Å². The van der Waals surface area contributed by atoms with Gasteiger partial charge < -0.3 is 4.74 Å². The molecule has 0 radical (unpaired) electrons. The molecule has 1 aliphatic rings. The lowest BCUT2D eigenvalue weighted by molar-refractivity contribution is 0.181. The van der Waals surface area contributed by atoms with Crippen LogP contribution in [-0.2, 0) is 4.74 Å². The normalized spacial score (nSPS) is 17.6. The smallest absolute Gasteiger partial charge is 0.149 e. The molecule has 0 saturated carbocycles. The Morgan fingerprint density at radius 1 is 0.812 bits per heavy atom. The Balaban J connectivity index is 2.09. The summed E-state index contributed by atoms with van der Waals surface area (Å²) in [6.07, 6.45) is 3.82. The number of hydrogen-bond acceptors (Lipinski definition) is 1. The maximum atomic E-state index is 5.71. The second kappa shape index (κ2) is 3.86. The lowest BCUT2D eigenvalue weighted by Crippen LogP contribution is -2.07. The van der Waals surface area contributed by atoms with Crippen molar-refractivity contribution < 1.29 is 4.74 Å². The maximum absolute atomic E-state index is 5.71. The molecule has 0 aromatic heterocycles. The van der Waals surface area contributed by atoms with Gasteiger partial charge in [0.25, 0.3) is 0 Å². The molecule has 0 amide bonds. The van der Waals surface area contributed by atoms with Crippen molar-refractivity contribution in [2.24, 2.45) is 0 Å². The van der Waals surface area contributed by atoms with E-state index in [1.165, 1.54) is 16.7 Å². The van der Waals surface area contributed by atoms with Gasteiger partial charge in [-0.2, -0.15) is 0 Å². The monoisotopic (exact) mass is 208 g/mol. The highest BCUT2D eigenvalue weighted by Crippen LogP contribution is 2.32. The summed E-state index contributed by atoms with van der Waals surface area (Å²) in [6.45, 7) is 0. The summed E-state index contributed by atoms with van der Waals surface area (Å²) in [5.41, 5.74) is 3.66. The van der Waals surface area contributed by atoms with E-state index >= 15 is 0 Å². The fourth-order valence-corrected chi connectivity index (χ4v) is 2.05. The zero-order valence-corrected chi connectivity index (χ0v) is 8.84. The topological polar surface area (TPSA) is 9.23 Å². The van der Waals surface area contributed by atoms with Crippen LogP contribution in [-0.4, -0.2) is 0 Å². The van der Waals surface area contributed by atoms with Gasteiger partial charge >= 0.3 is 0 Å². The molecular weight excluding hydrogens is 196 g/mol. The Morgan fingerprint density at radius 2 is 1.56 bits per heavy atom. The number of rotatable bonds is 1. The summed E-state index contributed by atoms with van der Waals surface area (Å²) in [5.74, 6) is 0. The van der Waals surface area contributed by atoms with Gasteiger partial charge in [0, 0.05) is 5.56 Å². The first-order valence-corrected chi connectivity index (χ1v) is 5.41. The van der Waals surface area contributed by atoms with E-state index in [4.69, 9.17) is 4.74 Å². The molecule has 2 aromatic carbocycles. The van der Waals surface area contributed by atoms with E-state index in [1.54, 1.807) is 6.26 Å². The second-order valence-electron chi connectivity index (χ2n) is 3.86. The van der Waals surface area contributed by atoms with Crippen molar-refractivity contribution in [2.75, 3.05) is 0 Å². The third-order valence-electron chi connectivity index (χ3n) is 2.84. The molecule has 0 fully saturated rings. The number of fused-ring (bicyclic) bond motifs is 1. The van der Waals surface area contributed by atoms with E-state index in [-0.39, 0.29) is 6.10 Å². The maximum Gasteiger partial charge on any atom is 0.149 e. The summed E-state index contributed by atoms with van der Waals surface area (Å²) >= 11 is 0. The van der Waals surface area contributed by atoms with Crippen LogP contribution < -0.4 is 0 Å². The highest BCUT2D eigenvalue weighted by Gasteiger charge is 2.19. The molecule has 1 aliphatic heterocycles. The summed E-state index contributed by atoms with van der Waals surface area (Å²) in [7, 11) is 0. The molecule has 1 nitrogen and oxygen atoms in total. The first-order chi connectivity index (χ1) is 7.95. The Morgan fingerprint density at radius 3 is 2.44 bits per heavy atom. The molecule has 0 aliphatic carbocycles. The van der Waals surface area contributed by atoms with E-state index in [1.807, 2.05) is 24.3 Å². The molecule has 1 heteroatoms. The average molecular weight is 208 g/mol. The van der Waals surface area contributed by atoms with Crippen LogP contribution in [0.1, 0.15) is 22.8 Å². The third kappa shape index (κ3) is 1.50. The SMILES string of the molecule is C1=Cc2ccccc2C(c2ccccc2)O1. The molecule has 16 heavy (non-hydrogen) atoms. The van der Waals surface area contributed by atoms with Crippen molar-refractivity contribution in [3.63, 3.8) is 0 Å². The van der Waals surface area contributed by atoms with Gasteiger partial charge in [-0.05, 0) is 17.2 Å². The van der Waals surface area contributed by atoms with Crippen LogP contribution in [0.2, 0.25) is 0 Å². The van der Waals surface area contributed by atoms with Gasteiger partial charge in [-0.1, -0.05) is 54.6 Å². The molecule has 0 N–H and O–H groups in total. The Kier molecular flexibility index (Phi) is 2.22. The molecule has 1 heterocycles. The van der Waals surface area contributed by atoms with E-state index in [2.05, 4.69) is 36.4 Å². The first kappa shape index (κ1) is 9.22. The predicted octanol–water partition coefficient (Wildman–Crippen LogP) is 3.78. The molecule has 0 spiro atoms. The molecular formula is C15H12O. The minimum atomic E-state index is 0.0300. The third-order valence-corrected chi connectivity index (χ3v) is 2.84. The van der Waals surface area contributed by atoms with E-state index in [0.29, 0.717) is 0 Å². The molecule has 1 atom stereocenters. The standard InChI is InChI=1S/C15H12O/c1-2-7-13(8-3-1)15-14-9-5-4-6-12(14)10-11-16-15/h1-11,15H. The highest BCUT2D eigenvalue weighted by atomic mass is 16.5. The van der Waals surface area contributed by atoms with Gasteiger partial charge in [0.05, 0.1) is 6.26 Å². The van der Waals surface area contributed by atoms with Crippen molar-refractivity contribution in [1.29, 1.82) is 0 Å². The number of benzene rings is 2. The fraction of sp³-hybridized carbons (Fsp3) is 0.0667. The highest BCUT2D eigenvalue weighted by molar-refractivity contribution is 5.57. The minimum Gasteiger partial charge on any atom is -0.489 e. The Hall–Kier alpha value is -2.02. The van der Waals surface area contributed by atoms with Gasteiger partial charge in [-0.25, -0.2) is 0 Å². The lowest BCUT2D eigenvalue weighted by Gasteiger charge is -2.22. The second-order valence-corrected chi connectivity index (χ2v) is 3.86. The molecule has 3 rings (SSSR count). The van der Waals surface area contributed by atoms with Crippen molar-refractivity contribution in [2.45, 2.75) is 6.10 Å².